The molecule has 0 fully saturated rings. The maximum absolute atomic E-state index is 12.3. The number of anilines is 1. The molecule has 0 radical (unpaired) electrons. The molecule has 23 heavy (non-hydrogen) atoms. The van der Waals surface area contributed by atoms with Crippen molar-refractivity contribution in [3.05, 3.63) is 46.6 Å². The van der Waals surface area contributed by atoms with Crippen LogP contribution in [0.15, 0.2) is 35.6 Å². The van der Waals surface area contributed by atoms with Crippen LogP contribution < -0.4 is 5.32 Å². The Hall–Kier alpha value is -2.85. The lowest BCUT2D eigenvalue weighted by atomic mass is 10.0. The van der Waals surface area contributed by atoms with E-state index >= 15 is 0 Å². The van der Waals surface area contributed by atoms with Crippen molar-refractivity contribution in [3.63, 3.8) is 0 Å². The second kappa shape index (κ2) is 6.10. The molecule has 0 saturated carbocycles. The van der Waals surface area contributed by atoms with Crippen molar-refractivity contribution < 1.29 is 9.63 Å². The molecule has 0 aliphatic carbocycles. The molecule has 3 rings (SSSR count). The smallest absolute Gasteiger partial charge is 0.269 e. The number of amides is 1. The molecule has 1 aliphatic heterocycles. The van der Waals surface area contributed by atoms with Gasteiger partial charge in [0.15, 0.2) is 0 Å². The van der Waals surface area contributed by atoms with Gasteiger partial charge in [0.25, 0.3) is 5.91 Å². The molecule has 7 nitrogen and oxygen atoms in total. The Morgan fingerprint density at radius 2 is 2.22 bits per heavy atom. The number of nitriles is 1. The molecule has 0 saturated heterocycles. The highest BCUT2D eigenvalue weighted by atomic mass is 35.5. The Morgan fingerprint density at radius 1 is 1.48 bits per heavy atom. The number of halogens is 1. The molecule has 0 bridgehead atoms. The number of nitrogens with zero attached hydrogens (tertiary/aromatic N) is 4. The van der Waals surface area contributed by atoms with Gasteiger partial charge in [0.05, 0.1) is 11.9 Å². The zero-order valence-electron chi connectivity index (χ0n) is 12.2. The van der Waals surface area contributed by atoms with Crippen LogP contribution in [0.4, 0.5) is 5.82 Å². The number of carbonyl (C=O) groups is 1. The lowest BCUT2D eigenvalue weighted by molar-refractivity contribution is -0.125. The van der Waals surface area contributed by atoms with Crippen LogP contribution in [0.5, 0.6) is 0 Å². The highest BCUT2D eigenvalue weighted by Crippen LogP contribution is 2.20. The summed E-state index contributed by atoms with van der Waals surface area (Å²) >= 11 is 5.85. The summed E-state index contributed by atoms with van der Waals surface area (Å²) in [6, 6.07) is 9.11. The van der Waals surface area contributed by atoms with Crippen LogP contribution in [0, 0.1) is 11.3 Å². The Balaban J connectivity index is 1.68. The molecule has 0 unspecified atom stereocenters. The van der Waals surface area contributed by atoms with Crippen molar-refractivity contribution >= 4 is 29.0 Å². The second-order valence-electron chi connectivity index (χ2n) is 4.97. The Morgan fingerprint density at radius 3 is 2.91 bits per heavy atom. The summed E-state index contributed by atoms with van der Waals surface area (Å²) in [4.78, 5) is 17.5. The van der Waals surface area contributed by atoms with Gasteiger partial charge in [-0.2, -0.15) is 10.4 Å². The SMILES string of the molecule is Cn1ncc(C#N)c1NC(=O)[C@@H]1CC(c2ccc(Cl)cc2)=NO1. The fraction of sp³-hybridized carbons (Fsp3) is 0.200. The summed E-state index contributed by atoms with van der Waals surface area (Å²) in [5, 5.41) is 20.2. The van der Waals surface area contributed by atoms with Crippen molar-refractivity contribution in [1.82, 2.24) is 9.78 Å². The van der Waals surface area contributed by atoms with Crippen molar-refractivity contribution in [1.29, 1.82) is 5.26 Å². The third kappa shape index (κ3) is 3.03. The van der Waals surface area contributed by atoms with E-state index in [9.17, 15) is 4.79 Å². The highest BCUT2D eigenvalue weighted by Gasteiger charge is 2.30. The molecule has 1 N–H and O–H groups in total. The van der Waals surface area contributed by atoms with Gasteiger partial charge < -0.3 is 10.2 Å². The second-order valence-corrected chi connectivity index (χ2v) is 5.41. The van der Waals surface area contributed by atoms with Crippen molar-refractivity contribution in [2.75, 3.05) is 5.32 Å². The third-order valence-corrected chi connectivity index (χ3v) is 3.69. The summed E-state index contributed by atoms with van der Waals surface area (Å²) in [5.41, 5.74) is 1.81. The molecular formula is C15H12ClN5O2. The van der Waals surface area contributed by atoms with Crippen LogP contribution in [-0.2, 0) is 16.7 Å². The first kappa shape index (κ1) is 15.1. The zero-order valence-corrected chi connectivity index (χ0v) is 12.9. The summed E-state index contributed by atoms with van der Waals surface area (Å²) in [5.74, 6) is -0.0427. The quantitative estimate of drug-likeness (QED) is 0.933. The number of aryl methyl sites for hydroxylation is 1. The Kier molecular flexibility index (Phi) is 4.00. The van der Waals surface area contributed by atoms with Gasteiger partial charge >= 0.3 is 0 Å². The first-order valence-electron chi connectivity index (χ1n) is 6.80. The van der Waals surface area contributed by atoms with Crippen LogP contribution in [0.3, 0.4) is 0 Å². The summed E-state index contributed by atoms with van der Waals surface area (Å²) in [7, 11) is 1.64. The summed E-state index contributed by atoms with van der Waals surface area (Å²) < 4.78 is 1.42. The van der Waals surface area contributed by atoms with E-state index in [1.165, 1.54) is 10.9 Å². The molecular weight excluding hydrogens is 318 g/mol. The molecule has 116 valence electrons. The molecule has 1 amide bonds. The minimum absolute atomic E-state index is 0.290. The Bertz CT molecular complexity index is 819. The maximum Gasteiger partial charge on any atom is 0.269 e. The monoisotopic (exact) mass is 329 g/mol. The third-order valence-electron chi connectivity index (χ3n) is 3.44. The summed E-state index contributed by atoms with van der Waals surface area (Å²) in [6.45, 7) is 0. The topological polar surface area (TPSA) is 92.3 Å². The van der Waals surface area contributed by atoms with E-state index in [1.807, 2.05) is 18.2 Å². The number of nitrogens with one attached hydrogen (secondary N) is 1. The van der Waals surface area contributed by atoms with Gasteiger partial charge in [-0.1, -0.05) is 28.9 Å². The first-order chi connectivity index (χ1) is 11.1. The van der Waals surface area contributed by atoms with Gasteiger partial charge in [0.1, 0.15) is 17.5 Å². The van der Waals surface area contributed by atoms with E-state index in [2.05, 4.69) is 15.6 Å². The van der Waals surface area contributed by atoms with Crippen LogP contribution >= 0.6 is 11.6 Å². The molecule has 1 aromatic heterocycles. The standard InChI is InChI=1S/C15H12ClN5O2/c1-21-14(10(7-17)8-18-21)19-15(22)13-6-12(20-23-13)9-2-4-11(16)5-3-9/h2-5,8,13H,6H2,1H3,(H,19,22)/t13-/m0/s1. The van der Waals surface area contributed by atoms with E-state index in [0.29, 0.717) is 23.0 Å². The molecule has 1 atom stereocenters. The van der Waals surface area contributed by atoms with Crippen LogP contribution in [0.2, 0.25) is 5.02 Å². The molecule has 1 aliphatic rings. The average Bonchev–Trinajstić information content (AvgIpc) is 3.16. The number of rotatable bonds is 3. The van der Waals surface area contributed by atoms with E-state index in [-0.39, 0.29) is 11.5 Å². The van der Waals surface area contributed by atoms with Crippen molar-refractivity contribution in [3.8, 4) is 6.07 Å². The fourth-order valence-electron chi connectivity index (χ4n) is 2.20. The molecule has 2 aromatic rings. The maximum atomic E-state index is 12.3. The van der Waals surface area contributed by atoms with Gasteiger partial charge in [-0.25, -0.2) is 0 Å². The first-order valence-corrected chi connectivity index (χ1v) is 7.18. The number of benzene rings is 1. The van der Waals surface area contributed by atoms with Crippen molar-refractivity contribution in [2.45, 2.75) is 12.5 Å². The Labute approximate surface area is 137 Å². The van der Waals surface area contributed by atoms with Gasteiger partial charge in [-0.15, -0.1) is 0 Å². The lowest BCUT2D eigenvalue weighted by Crippen LogP contribution is -2.29. The number of aromatic nitrogens is 2. The largest absolute Gasteiger partial charge is 0.382 e. The number of hydrogen-bond donors (Lipinski definition) is 1. The van der Waals surface area contributed by atoms with Crippen LogP contribution in [-0.4, -0.2) is 27.5 Å². The van der Waals surface area contributed by atoms with Crippen LogP contribution in [0.1, 0.15) is 17.5 Å². The minimum Gasteiger partial charge on any atom is -0.382 e. The van der Waals surface area contributed by atoms with E-state index < -0.39 is 6.10 Å². The van der Waals surface area contributed by atoms with E-state index in [0.717, 1.165) is 5.56 Å². The van der Waals surface area contributed by atoms with Gasteiger partial charge in [-0.3, -0.25) is 9.48 Å². The molecule has 8 heteroatoms. The predicted octanol–water partition coefficient (Wildman–Crippen LogP) is 2.08. The van der Waals surface area contributed by atoms with Gasteiger partial charge in [0.2, 0.25) is 6.10 Å². The van der Waals surface area contributed by atoms with Gasteiger partial charge in [-0.05, 0) is 17.7 Å². The average molecular weight is 330 g/mol. The molecule has 2 heterocycles. The zero-order chi connectivity index (χ0) is 16.4. The molecule has 0 spiro atoms. The van der Waals surface area contributed by atoms with Crippen molar-refractivity contribution in [2.24, 2.45) is 12.2 Å². The lowest BCUT2D eigenvalue weighted by Gasteiger charge is -2.09. The number of oxime groups is 1. The normalized spacial score (nSPS) is 16.4. The predicted molar refractivity (Wildman–Crippen MR) is 84.0 cm³/mol. The fourth-order valence-corrected chi connectivity index (χ4v) is 2.32. The minimum atomic E-state index is -0.748. The number of hydrogen-bond acceptors (Lipinski definition) is 5. The van der Waals surface area contributed by atoms with E-state index in [1.54, 1.807) is 19.2 Å². The number of carbonyl (C=O) groups excluding carboxylic acids is 1. The van der Waals surface area contributed by atoms with Gasteiger partial charge in [0, 0.05) is 18.5 Å². The van der Waals surface area contributed by atoms with Crippen LogP contribution in [0.25, 0.3) is 0 Å². The molecule has 1 aromatic carbocycles. The summed E-state index contributed by atoms with van der Waals surface area (Å²) in [6.07, 6.45) is 0.982. The van der Waals surface area contributed by atoms with E-state index in [4.69, 9.17) is 21.7 Å². The highest BCUT2D eigenvalue weighted by molar-refractivity contribution is 6.30.